The summed E-state index contributed by atoms with van der Waals surface area (Å²) in [5.41, 5.74) is -2.73. The second-order valence-electron chi connectivity index (χ2n) is 9.66. The molecule has 4 aliphatic rings. The fourth-order valence-corrected chi connectivity index (χ4v) is 6.81. The van der Waals surface area contributed by atoms with Crippen molar-refractivity contribution < 1.29 is 19.8 Å². The SMILES string of the molecule is O=C([O-])C1(CCN2CCCCC2)C2C=CC(C2)C1(CCN1CCCCC1)C(=O)[O-]. The van der Waals surface area contributed by atoms with Crippen LogP contribution in [0.15, 0.2) is 12.2 Å². The molecule has 4 atom stereocenters. The Kier molecular flexibility index (Phi) is 6.03. The van der Waals surface area contributed by atoms with Gasteiger partial charge in [-0.1, -0.05) is 25.0 Å². The van der Waals surface area contributed by atoms with E-state index in [2.05, 4.69) is 9.80 Å². The maximum Gasteiger partial charge on any atom is 0.0492 e. The molecule has 0 N–H and O–H groups in total. The summed E-state index contributed by atoms with van der Waals surface area (Å²) in [6, 6.07) is 0. The number of carbonyl (C=O) groups is 2. The molecule has 6 nitrogen and oxygen atoms in total. The molecule has 2 aliphatic carbocycles. The van der Waals surface area contributed by atoms with Gasteiger partial charge in [-0.05, 0) is 96.1 Å². The van der Waals surface area contributed by atoms with Gasteiger partial charge in [0.05, 0.1) is 0 Å². The molecule has 3 fully saturated rings. The van der Waals surface area contributed by atoms with E-state index in [1.54, 1.807) is 0 Å². The minimum atomic E-state index is -1.36. The van der Waals surface area contributed by atoms with E-state index in [0.717, 1.165) is 51.9 Å². The third kappa shape index (κ3) is 3.42. The molecule has 0 amide bonds. The van der Waals surface area contributed by atoms with Crippen molar-refractivity contribution in [3.05, 3.63) is 12.2 Å². The highest BCUT2D eigenvalue weighted by atomic mass is 16.4. The van der Waals surface area contributed by atoms with E-state index >= 15 is 0 Å². The van der Waals surface area contributed by atoms with Gasteiger partial charge < -0.3 is 29.6 Å². The monoisotopic (exact) mass is 402 g/mol. The summed E-state index contributed by atoms with van der Waals surface area (Å²) in [6.45, 7) is 5.14. The van der Waals surface area contributed by atoms with Crippen LogP contribution in [-0.4, -0.2) is 61.0 Å². The van der Waals surface area contributed by atoms with Gasteiger partial charge >= 0.3 is 0 Å². The lowest BCUT2D eigenvalue weighted by atomic mass is 9.54. The number of aliphatic carboxylic acids is 2. The molecule has 0 aromatic heterocycles. The number of likely N-dealkylation sites (tertiary alicyclic amines) is 2. The van der Waals surface area contributed by atoms with Gasteiger partial charge in [0.15, 0.2) is 0 Å². The molecule has 0 aromatic carbocycles. The van der Waals surface area contributed by atoms with Crippen LogP contribution >= 0.6 is 0 Å². The van der Waals surface area contributed by atoms with Crippen LogP contribution in [0.5, 0.6) is 0 Å². The maximum atomic E-state index is 12.7. The highest BCUT2D eigenvalue weighted by Crippen LogP contribution is 2.66. The Morgan fingerprint density at radius 1 is 0.724 bits per heavy atom. The molecule has 1 saturated carbocycles. The molecule has 0 aromatic rings. The van der Waals surface area contributed by atoms with Crippen LogP contribution in [0, 0.1) is 22.7 Å². The number of fused-ring (bicyclic) bond motifs is 2. The first-order valence-corrected chi connectivity index (χ1v) is 11.6. The van der Waals surface area contributed by atoms with Crippen LogP contribution in [0.4, 0.5) is 0 Å². The lowest BCUT2D eigenvalue weighted by Crippen LogP contribution is -2.64. The van der Waals surface area contributed by atoms with Crippen LogP contribution < -0.4 is 10.2 Å². The normalized spacial score (nSPS) is 37.8. The predicted molar refractivity (Wildman–Crippen MR) is 105 cm³/mol. The Balaban J connectivity index is 1.61. The van der Waals surface area contributed by atoms with E-state index in [4.69, 9.17) is 0 Å². The van der Waals surface area contributed by atoms with Crippen LogP contribution in [-0.2, 0) is 9.59 Å². The first-order chi connectivity index (χ1) is 14.0. The number of allylic oxidation sites excluding steroid dienone is 2. The molecule has 4 unspecified atom stereocenters. The molecule has 2 saturated heterocycles. The Bertz CT molecular complexity index is 599. The number of carboxylic acids is 2. The number of rotatable bonds is 8. The minimum Gasteiger partial charge on any atom is -0.549 e. The van der Waals surface area contributed by atoms with E-state index in [0.29, 0.717) is 32.4 Å². The van der Waals surface area contributed by atoms with E-state index in [-0.39, 0.29) is 11.8 Å². The average Bonchev–Trinajstić information content (AvgIpc) is 3.32. The number of piperidine rings is 2. The molecular formula is C23H34N2O4-2. The summed E-state index contributed by atoms with van der Waals surface area (Å²) in [5, 5.41) is 25.4. The molecule has 2 aliphatic heterocycles. The minimum absolute atomic E-state index is 0.262. The van der Waals surface area contributed by atoms with Gasteiger partial charge in [-0.25, -0.2) is 0 Å². The molecule has 6 heteroatoms. The second kappa shape index (κ2) is 8.38. The number of carboxylic acid groups (broad SMARTS) is 2. The Morgan fingerprint density at radius 2 is 1.10 bits per heavy atom. The summed E-state index contributed by atoms with van der Waals surface area (Å²) >= 11 is 0. The Labute approximate surface area is 173 Å². The van der Waals surface area contributed by atoms with Crippen molar-refractivity contribution in [1.82, 2.24) is 9.80 Å². The average molecular weight is 403 g/mol. The van der Waals surface area contributed by atoms with Gasteiger partial charge in [0, 0.05) is 22.8 Å². The molecule has 0 spiro atoms. The van der Waals surface area contributed by atoms with Crippen LogP contribution in [0.2, 0.25) is 0 Å². The highest BCUT2D eigenvalue weighted by molar-refractivity contribution is 5.87. The molecule has 162 valence electrons. The van der Waals surface area contributed by atoms with Crippen LogP contribution in [0.1, 0.15) is 57.8 Å². The van der Waals surface area contributed by atoms with Gasteiger partial charge in [0.25, 0.3) is 0 Å². The zero-order valence-corrected chi connectivity index (χ0v) is 17.4. The topological polar surface area (TPSA) is 86.7 Å². The summed E-state index contributed by atoms with van der Waals surface area (Å²) < 4.78 is 0. The van der Waals surface area contributed by atoms with Gasteiger partial charge in [-0.2, -0.15) is 0 Å². The summed E-state index contributed by atoms with van der Waals surface area (Å²) in [7, 11) is 0. The van der Waals surface area contributed by atoms with Gasteiger partial charge in [0.2, 0.25) is 0 Å². The first kappa shape index (κ1) is 20.9. The number of carbonyl (C=O) groups excluding carboxylic acids is 2. The Morgan fingerprint density at radius 3 is 1.45 bits per heavy atom. The molecule has 29 heavy (non-hydrogen) atoms. The van der Waals surface area contributed by atoms with Crippen LogP contribution in [0.25, 0.3) is 0 Å². The number of hydrogen-bond acceptors (Lipinski definition) is 6. The largest absolute Gasteiger partial charge is 0.549 e. The van der Waals surface area contributed by atoms with Crippen molar-refractivity contribution in [3.8, 4) is 0 Å². The maximum absolute atomic E-state index is 12.7. The van der Waals surface area contributed by atoms with Crippen molar-refractivity contribution in [1.29, 1.82) is 0 Å². The lowest BCUT2D eigenvalue weighted by Gasteiger charge is -2.54. The first-order valence-electron chi connectivity index (χ1n) is 11.6. The van der Waals surface area contributed by atoms with E-state index < -0.39 is 22.8 Å². The van der Waals surface area contributed by atoms with Crippen molar-refractivity contribution in [2.45, 2.75) is 57.8 Å². The summed E-state index contributed by atoms with van der Waals surface area (Å²) in [6.07, 6.45) is 12.1. The van der Waals surface area contributed by atoms with Crippen molar-refractivity contribution >= 4 is 11.9 Å². The predicted octanol–water partition coefficient (Wildman–Crippen LogP) is 0.417. The highest BCUT2D eigenvalue weighted by Gasteiger charge is 2.66. The molecule has 0 radical (unpaired) electrons. The van der Waals surface area contributed by atoms with Crippen molar-refractivity contribution in [3.63, 3.8) is 0 Å². The standard InChI is InChI=1S/C23H36N2O4/c26-20(27)22(9-15-24-11-3-1-4-12-24)18-7-8-19(17-18)23(22,21(28)29)10-16-25-13-5-2-6-14-25/h7-8,18-19H,1-6,9-17H2,(H,26,27)(H,28,29)/p-2. The van der Waals surface area contributed by atoms with Gasteiger partial charge in [0.1, 0.15) is 0 Å². The van der Waals surface area contributed by atoms with Gasteiger partial charge in [-0.3, -0.25) is 0 Å². The van der Waals surface area contributed by atoms with Gasteiger partial charge in [-0.15, -0.1) is 0 Å². The fourth-order valence-electron chi connectivity index (χ4n) is 6.81. The summed E-state index contributed by atoms with van der Waals surface area (Å²) in [5.74, 6) is -2.90. The fraction of sp³-hybridized carbons (Fsp3) is 0.826. The van der Waals surface area contributed by atoms with Crippen molar-refractivity contribution in [2.75, 3.05) is 39.3 Å². The lowest BCUT2D eigenvalue weighted by molar-refractivity contribution is -0.347. The third-order valence-corrected chi connectivity index (χ3v) is 8.42. The molecular weight excluding hydrogens is 368 g/mol. The number of nitrogens with zero attached hydrogens (tertiary/aromatic N) is 2. The zero-order chi connectivity index (χ0) is 20.5. The van der Waals surface area contributed by atoms with E-state index in [9.17, 15) is 19.8 Å². The van der Waals surface area contributed by atoms with Crippen LogP contribution in [0.3, 0.4) is 0 Å². The molecule has 2 bridgehead atoms. The smallest absolute Gasteiger partial charge is 0.0492 e. The van der Waals surface area contributed by atoms with E-state index in [1.165, 1.54) is 12.8 Å². The molecule has 2 heterocycles. The number of hydrogen-bond donors (Lipinski definition) is 0. The zero-order valence-electron chi connectivity index (χ0n) is 17.4. The summed E-state index contributed by atoms with van der Waals surface area (Å²) in [4.78, 5) is 30.0. The van der Waals surface area contributed by atoms with Crippen molar-refractivity contribution in [2.24, 2.45) is 22.7 Å². The Hall–Kier alpha value is -1.40. The third-order valence-electron chi connectivity index (χ3n) is 8.42. The second-order valence-corrected chi connectivity index (χ2v) is 9.66. The van der Waals surface area contributed by atoms with E-state index in [1.807, 2.05) is 12.2 Å². The quantitative estimate of drug-likeness (QED) is 0.547. The molecule has 4 rings (SSSR count).